The maximum Gasteiger partial charge on any atom is 0.350 e. The fourth-order valence-electron chi connectivity index (χ4n) is 2.68. The van der Waals surface area contributed by atoms with E-state index in [0.29, 0.717) is 17.9 Å². The van der Waals surface area contributed by atoms with Crippen molar-refractivity contribution in [1.82, 2.24) is 24.4 Å². The van der Waals surface area contributed by atoms with Crippen LogP contribution in [0.1, 0.15) is 12.8 Å². The van der Waals surface area contributed by atoms with Gasteiger partial charge < -0.3 is 10.1 Å². The van der Waals surface area contributed by atoms with Crippen molar-refractivity contribution in [3.05, 3.63) is 34.9 Å². The van der Waals surface area contributed by atoms with Crippen molar-refractivity contribution in [1.29, 1.82) is 0 Å². The van der Waals surface area contributed by atoms with Crippen LogP contribution in [0.5, 0.6) is 0 Å². The molecule has 1 saturated heterocycles. The van der Waals surface area contributed by atoms with Gasteiger partial charge in [-0.25, -0.2) is 9.48 Å². The zero-order valence-corrected chi connectivity index (χ0v) is 15.1. The van der Waals surface area contributed by atoms with Gasteiger partial charge in [-0.05, 0) is 25.0 Å². The molecule has 25 heavy (non-hydrogen) atoms. The number of anilines is 1. The van der Waals surface area contributed by atoms with E-state index in [-0.39, 0.29) is 11.8 Å². The molecular formula is C15H18N6O2S2. The molecule has 8 nitrogen and oxygen atoms in total. The highest BCUT2D eigenvalue weighted by molar-refractivity contribution is 8.01. The quantitative estimate of drug-likeness (QED) is 0.627. The average Bonchev–Trinajstić information content (AvgIpc) is 3.35. The molecule has 1 unspecified atom stereocenters. The second-order valence-electron chi connectivity index (χ2n) is 5.67. The summed E-state index contributed by atoms with van der Waals surface area (Å²) in [6, 6.07) is 5.51. The van der Waals surface area contributed by atoms with Gasteiger partial charge in [0.1, 0.15) is 0 Å². The summed E-state index contributed by atoms with van der Waals surface area (Å²) in [4.78, 5) is 12.2. The first kappa shape index (κ1) is 16.6. The summed E-state index contributed by atoms with van der Waals surface area (Å²) in [5.74, 6) is 0.712. The SMILES string of the molecule is O=c1n(CCSc2nnc(NCC3CCCO3)s2)nc2ccccn12. The number of pyridine rings is 1. The van der Waals surface area contributed by atoms with E-state index in [9.17, 15) is 4.79 Å². The van der Waals surface area contributed by atoms with Gasteiger partial charge in [0.25, 0.3) is 0 Å². The second-order valence-corrected chi connectivity index (χ2v) is 7.99. The number of hydrogen-bond acceptors (Lipinski definition) is 8. The molecule has 1 fully saturated rings. The number of hydrogen-bond donors (Lipinski definition) is 1. The van der Waals surface area contributed by atoms with Crippen LogP contribution in [0.25, 0.3) is 5.65 Å². The third-order valence-corrected chi connectivity index (χ3v) is 5.92. The van der Waals surface area contributed by atoms with Crippen LogP contribution in [0.15, 0.2) is 33.5 Å². The Morgan fingerprint density at radius 3 is 3.20 bits per heavy atom. The molecule has 3 aromatic rings. The van der Waals surface area contributed by atoms with Crippen LogP contribution >= 0.6 is 23.1 Å². The Kier molecular flexibility index (Phi) is 4.99. The lowest BCUT2D eigenvalue weighted by Gasteiger charge is -2.08. The molecule has 1 N–H and O–H groups in total. The molecule has 1 aliphatic heterocycles. The Morgan fingerprint density at radius 1 is 1.40 bits per heavy atom. The predicted octanol–water partition coefficient (Wildman–Crippen LogP) is 1.73. The summed E-state index contributed by atoms with van der Waals surface area (Å²) in [5, 5.41) is 16.7. The lowest BCUT2D eigenvalue weighted by atomic mass is 10.2. The van der Waals surface area contributed by atoms with Gasteiger partial charge in [0.2, 0.25) is 5.13 Å². The van der Waals surface area contributed by atoms with Crippen LogP contribution in [-0.4, -0.2) is 49.4 Å². The minimum atomic E-state index is -0.118. The van der Waals surface area contributed by atoms with Crippen LogP contribution < -0.4 is 11.0 Å². The number of ether oxygens (including phenoxy) is 1. The number of thioether (sulfide) groups is 1. The molecule has 132 valence electrons. The van der Waals surface area contributed by atoms with E-state index in [2.05, 4.69) is 20.6 Å². The van der Waals surface area contributed by atoms with Gasteiger partial charge in [0, 0.05) is 25.1 Å². The summed E-state index contributed by atoms with van der Waals surface area (Å²) in [6.45, 7) is 2.16. The molecule has 0 bridgehead atoms. The van der Waals surface area contributed by atoms with E-state index >= 15 is 0 Å². The van der Waals surface area contributed by atoms with Gasteiger partial charge in [0.05, 0.1) is 12.6 Å². The lowest BCUT2D eigenvalue weighted by molar-refractivity contribution is 0.120. The molecule has 4 rings (SSSR count). The summed E-state index contributed by atoms with van der Waals surface area (Å²) in [5.41, 5.74) is 0.543. The molecule has 0 saturated carbocycles. The number of aryl methyl sites for hydroxylation is 1. The van der Waals surface area contributed by atoms with Crippen molar-refractivity contribution in [3.63, 3.8) is 0 Å². The fourth-order valence-corrected chi connectivity index (χ4v) is 4.42. The number of nitrogens with one attached hydrogen (secondary N) is 1. The predicted molar refractivity (Wildman–Crippen MR) is 97.5 cm³/mol. The highest BCUT2D eigenvalue weighted by Gasteiger charge is 2.16. The number of nitrogens with zero attached hydrogens (tertiary/aromatic N) is 5. The van der Waals surface area contributed by atoms with Crippen molar-refractivity contribution in [3.8, 4) is 0 Å². The molecule has 0 radical (unpaired) electrons. The minimum absolute atomic E-state index is 0.118. The maximum absolute atomic E-state index is 12.2. The first-order chi connectivity index (χ1) is 12.3. The molecule has 10 heteroatoms. The van der Waals surface area contributed by atoms with Gasteiger partial charge in [0.15, 0.2) is 9.99 Å². The van der Waals surface area contributed by atoms with Gasteiger partial charge >= 0.3 is 5.69 Å². The fraction of sp³-hybridized carbons (Fsp3) is 0.467. The molecule has 0 aliphatic carbocycles. The molecule has 0 spiro atoms. The molecule has 4 heterocycles. The van der Waals surface area contributed by atoms with Gasteiger partial charge in [-0.1, -0.05) is 29.2 Å². The molecular weight excluding hydrogens is 360 g/mol. The number of aromatic nitrogens is 5. The Labute approximate surface area is 152 Å². The van der Waals surface area contributed by atoms with E-state index in [4.69, 9.17) is 4.74 Å². The van der Waals surface area contributed by atoms with Crippen molar-refractivity contribution in [2.24, 2.45) is 0 Å². The number of rotatable bonds is 7. The van der Waals surface area contributed by atoms with E-state index in [1.54, 1.807) is 22.4 Å². The molecule has 3 aromatic heterocycles. The standard InChI is InChI=1S/C15H18N6O2S2/c22-15-20-6-2-1-5-12(20)19-21(15)7-9-24-14-18-17-13(25-14)16-10-11-4-3-8-23-11/h1-2,5-6,11H,3-4,7-10H2,(H,16,17). The summed E-state index contributed by atoms with van der Waals surface area (Å²) < 4.78 is 9.49. The monoisotopic (exact) mass is 378 g/mol. The first-order valence-electron chi connectivity index (χ1n) is 8.15. The Hall–Kier alpha value is -1.91. The largest absolute Gasteiger partial charge is 0.376 e. The Bertz CT molecular complexity index is 899. The topological polar surface area (TPSA) is 86.3 Å². The van der Waals surface area contributed by atoms with Crippen molar-refractivity contribution >= 4 is 33.9 Å². The third-order valence-electron chi connectivity index (χ3n) is 3.93. The van der Waals surface area contributed by atoms with Crippen molar-refractivity contribution in [2.45, 2.75) is 29.8 Å². The molecule has 1 aliphatic rings. The third kappa shape index (κ3) is 3.86. The van der Waals surface area contributed by atoms with Crippen LogP contribution in [0.2, 0.25) is 0 Å². The van der Waals surface area contributed by atoms with Gasteiger partial charge in [-0.3, -0.25) is 4.40 Å². The minimum Gasteiger partial charge on any atom is -0.376 e. The van der Waals surface area contributed by atoms with E-state index in [0.717, 1.165) is 35.5 Å². The van der Waals surface area contributed by atoms with Gasteiger partial charge in [-0.15, -0.1) is 15.3 Å². The van der Waals surface area contributed by atoms with Crippen LogP contribution in [0.4, 0.5) is 5.13 Å². The zero-order valence-electron chi connectivity index (χ0n) is 13.5. The van der Waals surface area contributed by atoms with Crippen LogP contribution in [0, 0.1) is 0 Å². The second kappa shape index (κ2) is 7.54. The Morgan fingerprint density at radius 2 is 2.36 bits per heavy atom. The van der Waals surface area contributed by atoms with Crippen LogP contribution in [0.3, 0.4) is 0 Å². The zero-order chi connectivity index (χ0) is 17.1. The van der Waals surface area contributed by atoms with E-state index < -0.39 is 0 Å². The van der Waals surface area contributed by atoms with E-state index in [1.807, 2.05) is 18.2 Å². The highest BCUT2D eigenvalue weighted by Crippen LogP contribution is 2.25. The normalized spacial score (nSPS) is 17.4. The maximum atomic E-state index is 12.2. The van der Waals surface area contributed by atoms with Crippen molar-refractivity contribution < 1.29 is 4.74 Å². The summed E-state index contributed by atoms with van der Waals surface area (Å²) in [6.07, 6.45) is 4.24. The highest BCUT2D eigenvalue weighted by atomic mass is 32.2. The summed E-state index contributed by atoms with van der Waals surface area (Å²) >= 11 is 3.10. The van der Waals surface area contributed by atoms with Gasteiger partial charge in [-0.2, -0.15) is 0 Å². The lowest BCUT2D eigenvalue weighted by Crippen LogP contribution is -2.21. The smallest absolute Gasteiger partial charge is 0.350 e. The molecule has 0 aromatic carbocycles. The number of fused-ring (bicyclic) bond motifs is 1. The average molecular weight is 378 g/mol. The molecule has 0 amide bonds. The van der Waals surface area contributed by atoms with Crippen molar-refractivity contribution in [2.75, 3.05) is 24.2 Å². The van der Waals surface area contributed by atoms with Crippen LogP contribution in [-0.2, 0) is 11.3 Å². The van der Waals surface area contributed by atoms with E-state index in [1.165, 1.54) is 16.0 Å². The Balaban J connectivity index is 1.29. The summed E-state index contributed by atoms with van der Waals surface area (Å²) in [7, 11) is 0. The molecule has 1 atom stereocenters. The first-order valence-corrected chi connectivity index (χ1v) is 9.96.